The van der Waals surface area contributed by atoms with Gasteiger partial charge in [-0.25, -0.2) is 0 Å². The van der Waals surface area contributed by atoms with Gasteiger partial charge in [0.2, 0.25) is 11.8 Å². The molecule has 0 heterocycles. The zero-order chi connectivity index (χ0) is 17.2. The average Bonchev–Trinajstić information content (AvgIpc) is 2.47. The molecule has 2 amide bonds. The summed E-state index contributed by atoms with van der Waals surface area (Å²) in [5.41, 5.74) is 0. The number of carbonyl (C=O) groups excluding carboxylic acids is 2. The van der Waals surface area contributed by atoms with Crippen LogP contribution in [0.15, 0.2) is 0 Å². The van der Waals surface area contributed by atoms with E-state index in [4.69, 9.17) is 9.47 Å². The smallest absolute Gasteiger partial charge is 0.222 e. The van der Waals surface area contributed by atoms with Crippen molar-refractivity contribution in [2.24, 2.45) is 0 Å². The van der Waals surface area contributed by atoms with Crippen molar-refractivity contribution in [3.05, 3.63) is 0 Å². The number of hydrogen-bond acceptors (Lipinski definition) is 4. The van der Waals surface area contributed by atoms with E-state index < -0.39 is 0 Å². The van der Waals surface area contributed by atoms with Gasteiger partial charge in [0.15, 0.2) is 0 Å². The lowest BCUT2D eigenvalue weighted by atomic mass is 10.3. The van der Waals surface area contributed by atoms with Crippen LogP contribution in [0.3, 0.4) is 0 Å². The Morgan fingerprint density at radius 1 is 0.909 bits per heavy atom. The number of hydrogen-bond donors (Lipinski definition) is 2. The molecule has 0 aromatic rings. The van der Waals surface area contributed by atoms with Crippen LogP contribution < -0.4 is 10.6 Å². The minimum Gasteiger partial charge on any atom is -0.379 e. The van der Waals surface area contributed by atoms with Crippen molar-refractivity contribution in [1.29, 1.82) is 0 Å². The van der Waals surface area contributed by atoms with Gasteiger partial charge in [-0.05, 0) is 20.3 Å². The van der Waals surface area contributed by atoms with E-state index in [9.17, 15) is 9.59 Å². The highest BCUT2D eigenvalue weighted by atomic mass is 16.5. The first-order chi connectivity index (χ1) is 10.6. The fraction of sp³-hybridized carbons (Fsp3) is 0.875. The summed E-state index contributed by atoms with van der Waals surface area (Å²) >= 11 is 0. The third kappa shape index (κ3) is 18.9. The van der Waals surface area contributed by atoms with E-state index in [1.807, 2.05) is 34.6 Å². The molecule has 0 fully saturated rings. The fourth-order valence-corrected chi connectivity index (χ4v) is 1.46. The molecule has 0 aliphatic heterocycles. The lowest BCUT2D eigenvalue weighted by Gasteiger charge is -2.09. The molecule has 0 atom stereocenters. The quantitative estimate of drug-likeness (QED) is 0.539. The summed E-state index contributed by atoms with van der Waals surface area (Å²) in [5.74, 6) is 0.0584. The third-order valence-electron chi connectivity index (χ3n) is 2.34. The molecule has 0 saturated heterocycles. The molecule has 0 unspecified atom stereocenters. The Morgan fingerprint density at radius 2 is 1.50 bits per heavy atom. The van der Waals surface area contributed by atoms with E-state index in [1.165, 1.54) is 0 Å². The molecule has 0 aliphatic carbocycles. The third-order valence-corrected chi connectivity index (χ3v) is 2.34. The van der Waals surface area contributed by atoms with Crippen LogP contribution >= 0.6 is 0 Å². The van der Waals surface area contributed by atoms with Crippen molar-refractivity contribution in [3.63, 3.8) is 0 Å². The first kappa shape index (κ1) is 23.1. The second kappa shape index (κ2) is 17.9. The number of ether oxygens (including phenoxy) is 2. The molecule has 22 heavy (non-hydrogen) atoms. The van der Waals surface area contributed by atoms with Gasteiger partial charge in [-0.15, -0.1) is 0 Å². The summed E-state index contributed by atoms with van der Waals surface area (Å²) in [5, 5.41) is 5.55. The van der Waals surface area contributed by atoms with Crippen molar-refractivity contribution < 1.29 is 19.1 Å². The molecule has 6 nitrogen and oxygen atoms in total. The second-order valence-electron chi connectivity index (χ2n) is 4.80. The molecule has 6 heteroatoms. The largest absolute Gasteiger partial charge is 0.379 e. The van der Waals surface area contributed by atoms with Gasteiger partial charge in [-0.2, -0.15) is 0 Å². The van der Waals surface area contributed by atoms with Crippen LogP contribution in [-0.2, 0) is 19.1 Å². The van der Waals surface area contributed by atoms with Gasteiger partial charge in [-0.1, -0.05) is 20.8 Å². The van der Waals surface area contributed by atoms with Gasteiger partial charge in [0.1, 0.15) is 0 Å². The molecule has 0 rings (SSSR count). The molecule has 0 aromatic heterocycles. The van der Waals surface area contributed by atoms with Gasteiger partial charge in [-0.3, -0.25) is 9.59 Å². The Balaban J connectivity index is 0. The Kier molecular flexibility index (Phi) is 18.8. The molecule has 2 N–H and O–H groups in total. The van der Waals surface area contributed by atoms with E-state index in [1.54, 1.807) is 0 Å². The summed E-state index contributed by atoms with van der Waals surface area (Å²) in [6.45, 7) is 12.1. The molecule has 0 spiro atoms. The Bertz CT molecular complexity index is 271. The van der Waals surface area contributed by atoms with Gasteiger partial charge in [0, 0.05) is 25.4 Å². The van der Waals surface area contributed by atoms with E-state index in [2.05, 4.69) is 10.6 Å². The minimum atomic E-state index is -0.000412. The zero-order valence-corrected chi connectivity index (χ0v) is 14.9. The monoisotopic (exact) mass is 318 g/mol. The number of amides is 2. The molecule has 132 valence electrons. The van der Waals surface area contributed by atoms with Crippen molar-refractivity contribution in [1.82, 2.24) is 10.6 Å². The molecule has 0 radical (unpaired) electrons. The Morgan fingerprint density at radius 3 is 2.05 bits per heavy atom. The standard InChI is InChI=1S/C14H28N2O4.C2H6/c1-4-5-13(17)15-7-9-20-11-10-19-8-6-14(18)16-12(2)3;1-2/h12H,4-11H2,1-3H3,(H,15,17)(H,16,18);1-2H3. The van der Waals surface area contributed by atoms with Gasteiger partial charge in [0.25, 0.3) is 0 Å². The molecule has 0 aromatic carbocycles. The lowest BCUT2D eigenvalue weighted by Crippen LogP contribution is -2.30. The molecule has 0 saturated carbocycles. The molecule has 0 bridgehead atoms. The van der Waals surface area contributed by atoms with E-state index >= 15 is 0 Å². The summed E-state index contributed by atoms with van der Waals surface area (Å²) in [6, 6.07) is 0.161. The summed E-state index contributed by atoms with van der Waals surface area (Å²) in [7, 11) is 0. The topological polar surface area (TPSA) is 76.7 Å². The predicted octanol–water partition coefficient (Wildman–Crippen LogP) is 1.88. The summed E-state index contributed by atoms with van der Waals surface area (Å²) in [6.07, 6.45) is 1.78. The van der Waals surface area contributed by atoms with E-state index in [-0.39, 0.29) is 17.9 Å². The first-order valence-corrected chi connectivity index (χ1v) is 8.27. The highest BCUT2D eigenvalue weighted by molar-refractivity contribution is 5.76. The van der Waals surface area contributed by atoms with Crippen LogP contribution in [0.1, 0.15) is 53.9 Å². The fourth-order valence-electron chi connectivity index (χ4n) is 1.46. The van der Waals surface area contributed by atoms with Crippen LogP contribution in [0.25, 0.3) is 0 Å². The maximum absolute atomic E-state index is 11.3. The van der Waals surface area contributed by atoms with Crippen molar-refractivity contribution in [2.75, 3.05) is 33.0 Å². The molecular formula is C16H34N2O4. The maximum atomic E-state index is 11.3. The highest BCUT2D eigenvalue weighted by Crippen LogP contribution is 1.87. The lowest BCUT2D eigenvalue weighted by molar-refractivity contribution is -0.123. The predicted molar refractivity (Wildman–Crippen MR) is 88.8 cm³/mol. The Labute approximate surface area is 135 Å². The zero-order valence-electron chi connectivity index (χ0n) is 14.9. The van der Waals surface area contributed by atoms with E-state index in [0.717, 1.165) is 6.42 Å². The van der Waals surface area contributed by atoms with Crippen molar-refractivity contribution in [3.8, 4) is 0 Å². The number of carbonyl (C=O) groups is 2. The minimum absolute atomic E-state index is 0.000412. The SMILES string of the molecule is CC.CCCC(=O)NCCOCCOCCC(=O)NC(C)C. The average molecular weight is 318 g/mol. The van der Waals surface area contributed by atoms with Gasteiger partial charge in [0.05, 0.1) is 26.4 Å². The van der Waals surface area contributed by atoms with Crippen LogP contribution in [0, 0.1) is 0 Å². The second-order valence-corrected chi connectivity index (χ2v) is 4.80. The summed E-state index contributed by atoms with van der Waals surface area (Å²) in [4.78, 5) is 22.4. The van der Waals surface area contributed by atoms with Crippen LogP contribution in [0.4, 0.5) is 0 Å². The normalized spacial score (nSPS) is 9.91. The van der Waals surface area contributed by atoms with E-state index in [0.29, 0.717) is 45.8 Å². The van der Waals surface area contributed by atoms with Gasteiger partial charge >= 0.3 is 0 Å². The number of nitrogens with one attached hydrogen (secondary N) is 2. The highest BCUT2D eigenvalue weighted by Gasteiger charge is 2.02. The first-order valence-electron chi connectivity index (χ1n) is 8.27. The molecular weight excluding hydrogens is 284 g/mol. The van der Waals surface area contributed by atoms with Gasteiger partial charge < -0.3 is 20.1 Å². The van der Waals surface area contributed by atoms with Crippen LogP contribution in [0.2, 0.25) is 0 Å². The number of rotatable bonds is 12. The van der Waals surface area contributed by atoms with Crippen molar-refractivity contribution >= 4 is 11.8 Å². The Hall–Kier alpha value is -1.14. The van der Waals surface area contributed by atoms with Crippen molar-refractivity contribution in [2.45, 2.75) is 59.9 Å². The van der Waals surface area contributed by atoms with Crippen LogP contribution in [0.5, 0.6) is 0 Å². The molecule has 0 aliphatic rings. The maximum Gasteiger partial charge on any atom is 0.222 e. The summed E-state index contributed by atoms with van der Waals surface area (Å²) < 4.78 is 10.6. The van der Waals surface area contributed by atoms with Crippen LogP contribution in [-0.4, -0.2) is 50.8 Å².